The Kier molecular flexibility index (Phi) is 8.31. The minimum Gasteiger partial charge on any atom is -0.357 e. The van der Waals surface area contributed by atoms with E-state index in [4.69, 9.17) is 4.99 Å². The topological polar surface area (TPSA) is 57.0 Å². The molecule has 0 amide bonds. The van der Waals surface area contributed by atoms with Crippen molar-refractivity contribution in [3.63, 3.8) is 0 Å². The lowest BCUT2D eigenvalue weighted by Gasteiger charge is -2.29. The van der Waals surface area contributed by atoms with E-state index in [1.165, 1.54) is 31.5 Å². The molecular formula is C21H29IN6S. The van der Waals surface area contributed by atoms with E-state index >= 15 is 0 Å². The Hall–Kier alpha value is -1.65. The van der Waals surface area contributed by atoms with E-state index in [0.29, 0.717) is 12.6 Å². The summed E-state index contributed by atoms with van der Waals surface area (Å²) in [4.78, 5) is 13.0. The van der Waals surface area contributed by atoms with Gasteiger partial charge in [0, 0.05) is 30.9 Å². The van der Waals surface area contributed by atoms with Gasteiger partial charge in [0.2, 0.25) is 0 Å². The van der Waals surface area contributed by atoms with E-state index in [9.17, 15) is 0 Å². The van der Waals surface area contributed by atoms with Crippen LogP contribution in [0.25, 0.3) is 4.96 Å². The van der Waals surface area contributed by atoms with Gasteiger partial charge in [-0.25, -0.2) is 9.98 Å². The molecule has 0 spiro atoms. The van der Waals surface area contributed by atoms with Gasteiger partial charge in [-0.05, 0) is 38.4 Å². The van der Waals surface area contributed by atoms with Crippen LogP contribution in [-0.2, 0) is 6.54 Å². The third-order valence-corrected chi connectivity index (χ3v) is 5.89. The average molecular weight is 524 g/mol. The molecule has 156 valence electrons. The lowest BCUT2D eigenvalue weighted by atomic mass is 10.1. The number of aliphatic imine (C=N–C) groups is 1. The summed E-state index contributed by atoms with van der Waals surface area (Å²) in [6, 6.07) is 11.2. The van der Waals surface area contributed by atoms with Crippen molar-refractivity contribution in [1.82, 2.24) is 24.9 Å². The maximum Gasteiger partial charge on any atom is 0.193 e. The van der Waals surface area contributed by atoms with Crippen LogP contribution in [0, 0.1) is 0 Å². The summed E-state index contributed by atoms with van der Waals surface area (Å²) < 4.78 is 2.05. The zero-order valence-corrected chi connectivity index (χ0v) is 19.9. The highest BCUT2D eigenvalue weighted by Gasteiger charge is 2.23. The highest BCUT2D eigenvalue weighted by molar-refractivity contribution is 14.0. The van der Waals surface area contributed by atoms with Crippen LogP contribution in [-0.4, -0.2) is 46.4 Å². The van der Waals surface area contributed by atoms with Crippen molar-refractivity contribution in [2.75, 3.05) is 26.2 Å². The van der Waals surface area contributed by atoms with Gasteiger partial charge < -0.3 is 10.6 Å². The van der Waals surface area contributed by atoms with Gasteiger partial charge in [-0.15, -0.1) is 35.3 Å². The van der Waals surface area contributed by atoms with Crippen molar-refractivity contribution >= 4 is 46.2 Å². The Bertz CT molecular complexity index is 872. The van der Waals surface area contributed by atoms with Crippen LogP contribution < -0.4 is 10.6 Å². The Morgan fingerprint density at radius 2 is 2.00 bits per heavy atom. The van der Waals surface area contributed by atoms with Crippen LogP contribution in [0.1, 0.15) is 37.1 Å². The maximum absolute atomic E-state index is 4.76. The molecular weight excluding hydrogens is 495 g/mol. The van der Waals surface area contributed by atoms with Crippen LogP contribution in [0.4, 0.5) is 0 Å². The Balaban J connectivity index is 0.00000240. The number of rotatable bonds is 7. The molecule has 1 aliphatic rings. The van der Waals surface area contributed by atoms with Gasteiger partial charge in [0.05, 0.1) is 18.3 Å². The number of hydrogen-bond donors (Lipinski definition) is 2. The standard InChI is InChI=1S/C21H28N6S.HI/c1-2-22-20(23-14-18-16-27-12-13-28-21(27)25-18)24-15-19(26-10-6-7-11-26)17-8-4-3-5-9-17;/h3-5,8-9,12-13,16,19H,2,6-7,10-11,14-15H2,1H3,(H2,22,23,24);1H. The first-order chi connectivity index (χ1) is 13.8. The van der Waals surface area contributed by atoms with Gasteiger partial charge in [0.15, 0.2) is 10.9 Å². The summed E-state index contributed by atoms with van der Waals surface area (Å²) in [5.41, 5.74) is 2.35. The van der Waals surface area contributed by atoms with Crippen molar-refractivity contribution in [3.05, 3.63) is 59.4 Å². The minimum absolute atomic E-state index is 0. The largest absolute Gasteiger partial charge is 0.357 e. The molecule has 1 unspecified atom stereocenters. The summed E-state index contributed by atoms with van der Waals surface area (Å²) in [5.74, 6) is 0.846. The van der Waals surface area contributed by atoms with Crippen LogP contribution in [0.5, 0.6) is 0 Å². The predicted octanol–water partition coefficient (Wildman–Crippen LogP) is 3.91. The molecule has 1 saturated heterocycles. The fraction of sp³-hybridized carbons (Fsp3) is 0.429. The van der Waals surface area contributed by atoms with E-state index in [0.717, 1.165) is 29.7 Å². The monoisotopic (exact) mass is 524 g/mol. The number of fused-ring (bicyclic) bond motifs is 1. The van der Waals surface area contributed by atoms with Crippen LogP contribution in [0.3, 0.4) is 0 Å². The minimum atomic E-state index is 0. The lowest BCUT2D eigenvalue weighted by Crippen LogP contribution is -2.42. The molecule has 0 saturated carbocycles. The number of halogens is 1. The van der Waals surface area contributed by atoms with Gasteiger partial charge in [0.25, 0.3) is 0 Å². The molecule has 29 heavy (non-hydrogen) atoms. The Morgan fingerprint density at radius 1 is 1.21 bits per heavy atom. The molecule has 4 rings (SSSR count). The molecule has 0 aliphatic carbocycles. The molecule has 8 heteroatoms. The first-order valence-electron chi connectivity index (χ1n) is 10.1. The number of likely N-dealkylation sites (tertiary alicyclic amines) is 1. The molecule has 2 N–H and O–H groups in total. The van der Waals surface area contributed by atoms with E-state index < -0.39 is 0 Å². The smallest absolute Gasteiger partial charge is 0.193 e. The van der Waals surface area contributed by atoms with Crippen LogP contribution in [0.15, 0.2) is 53.1 Å². The lowest BCUT2D eigenvalue weighted by molar-refractivity contribution is 0.245. The third kappa shape index (κ3) is 5.70. The summed E-state index contributed by atoms with van der Waals surface area (Å²) in [6.07, 6.45) is 6.66. The highest BCUT2D eigenvalue weighted by atomic mass is 127. The molecule has 3 heterocycles. The number of aromatic nitrogens is 2. The van der Waals surface area contributed by atoms with Crippen molar-refractivity contribution in [3.8, 4) is 0 Å². The molecule has 6 nitrogen and oxygen atoms in total. The van der Waals surface area contributed by atoms with Crippen molar-refractivity contribution < 1.29 is 0 Å². The van der Waals surface area contributed by atoms with Gasteiger partial charge in [0.1, 0.15) is 0 Å². The van der Waals surface area contributed by atoms with Crippen molar-refractivity contribution in [2.45, 2.75) is 32.4 Å². The van der Waals surface area contributed by atoms with Crippen LogP contribution in [0.2, 0.25) is 0 Å². The molecule has 1 atom stereocenters. The number of imidazole rings is 1. The van der Waals surface area contributed by atoms with Gasteiger partial charge in [-0.2, -0.15) is 0 Å². The molecule has 0 radical (unpaired) electrons. The molecule has 1 aliphatic heterocycles. The quantitative estimate of drug-likeness (QED) is 0.280. The molecule has 0 bridgehead atoms. The second-order valence-electron chi connectivity index (χ2n) is 7.07. The maximum atomic E-state index is 4.76. The Morgan fingerprint density at radius 3 is 2.72 bits per heavy atom. The molecule has 2 aromatic heterocycles. The third-order valence-electron chi connectivity index (χ3n) is 5.12. The van der Waals surface area contributed by atoms with Crippen molar-refractivity contribution in [2.24, 2.45) is 4.99 Å². The average Bonchev–Trinajstić information content (AvgIpc) is 3.45. The summed E-state index contributed by atoms with van der Waals surface area (Å²) in [7, 11) is 0. The number of hydrogen-bond acceptors (Lipinski definition) is 4. The molecule has 1 aromatic carbocycles. The zero-order chi connectivity index (χ0) is 19.2. The summed E-state index contributed by atoms with van der Waals surface area (Å²) >= 11 is 1.65. The summed E-state index contributed by atoms with van der Waals surface area (Å²) in [5, 5.41) is 8.97. The van der Waals surface area contributed by atoms with E-state index in [-0.39, 0.29) is 24.0 Å². The number of guanidine groups is 1. The second-order valence-corrected chi connectivity index (χ2v) is 7.94. The first-order valence-corrected chi connectivity index (χ1v) is 10.9. The van der Waals surface area contributed by atoms with Gasteiger partial charge in [-0.1, -0.05) is 30.3 Å². The van der Waals surface area contributed by atoms with Gasteiger partial charge in [-0.3, -0.25) is 9.30 Å². The SMILES string of the molecule is CCNC(=NCc1cn2ccsc2n1)NCC(c1ccccc1)N1CCCC1.I. The number of benzene rings is 1. The summed E-state index contributed by atoms with van der Waals surface area (Å²) in [6.45, 7) is 6.68. The zero-order valence-electron chi connectivity index (χ0n) is 16.8. The molecule has 1 fully saturated rings. The van der Waals surface area contributed by atoms with E-state index in [1.54, 1.807) is 11.3 Å². The van der Waals surface area contributed by atoms with Crippen molar-refractivity contribution in [1.29, 1.82) is 0 Å². The van der Waals surface area contributed by atoms with Crippen LogP contribution >= 0.6 is 35.3 Å². The Labute approximate surface area is 193 Å². The number of nitrogens with zero attached hydrogens (tertiary/aromatic N) is 4. The first kappa shape index (κ1) is 22.0. The number of thiazole rings is 1. The normalized spacial score (nSPS) is 16.0. The second kappa shape index (κ2) is 10.9. The van der Waals surface area contributed by atoms with Gasteiger partial charge >= 0.3 is 0 Å². The fourth-order valence-electron chi connectivity index (χ4n) is 3.73. The van der Waals surface area contributed by atoms with E-state index in [1.807, 2.05) is 11.6 Å². The van der Waals surface area contributed by atoms with E-state index in [2.05, 4.69) is 68.4 Å². The number of nitrogens with one attached hydrogen (secondary N) is 2. The molecule has 3 aromatic rings. The highest BCUT2D eigenvalue weighted by Crippen LogP contribution is 2.24. The predicted molar refractivity (Wildman–Crippen MR) is 131 cm³/mol. The fourth-order valence-corrected chi connectivity index (χ4v) is 4.45.